The summed E-state index contributed by atoms with van der Waals surface area (Å²) in [6.07, 6.45) is 1.74. The van der Waals surface area contributed by atoms with E-state index in [1.165, 1.54) is 0 Å². The SMILES string of the molecule is CNCc1cc(-c2ccccn2)no1. The highest BCUT2D eigenvalue weighted by Crippen LogP contribution is 2.15. The van der Waals surface area contributed by atoms with Crippen molar-refractivity contribution >= 4 is 0 Å². The molecule has 0 fully saturated rings. The first-order chi connectivity index (χ1) is 6.90. The normalized spacial score (nSPS) is 10.4. The Morgan fingerprint density at radius 3 is 3.00 bits per heavy atom. The standard InChI is InChI=1S/C10H11N3O/c1-11-7-8-6-10(13-14-8)9-4-2-3-5-12-9/h2-6,11H,7H2,1H3. The van der Waals surface area contributed by atoms with Crippen molar-refractivity contribution in [3.8, 4) is 11.4 Å². The van der Waals surface area contributed by atoms with Crippen LogP contribution in [0.3, 0.4) is 0 Å². The molecule has 72 valence electrons. The molecule has 0 aromatic carbocycles. The molecule has 2 rings (SSSR count). The molecule has 0 aliphatic carbocycles. The average Bonchev–Trinajstić information content (AvgIpc) is 2.68. The fourth-order valence-corrected chi connectivity index (χ4v) is 1.21. The largest absolute Gasteiger partial charge is 0.359 e. The van der Waals surface area contributed by atoms with E-state index in [9.17, 15) is 0 Å². The molecule has 0 saturated carbocycles. The second-order valence-electron chi connectivity index (χ2n) is 2.92. The summed E-state index contributed by atoms with van der Waals surface area (Å²) in [7, 11) is 1.86. The minimum atomic E-state index is 0.680. The minimum Gasteiger partial charge on any atom is -0.359 e. The van der Waals surface area contributed by atoms with E-state index in [0.717, 1.165) is 17.1 Å². The van der Waals surface area contributed by atoms with Gasteiger partial charge in [0.25, 0.3) is 0 Å². The zero-order valence-corrected chi connectivity index (χ0v) is 7.90. The van der Waals surface area contributed by atoms with E-state index >= 15 is 0 Å². The van der Waals surface area contributed by atoms with E-state index in [1.54, 1.807) is 6.20 Å². The molecule has 2 aromatic heterocycles. The predicted octanol–water partition coefficient (Wildman–Crippen LogP) is 1.46. The number of aromatic nitrogens is 2. The molecule has 1 N–H and O–H groups in total. The fourth-order valence-electron chi connectivity index (χ4n) is 1.21. The molecule has 0 atom stereocenters. The number of hydrogen-bond acceptors (Lipinski definition) is 4. The van der Waals surface area contributed by atoms with Crippen molar-refractivity contribution in [1.82, 2.24) is 15.5 Å². The number of nitrogens with one attached hydrogen (secondary N) is 1. The maximum Gasteiger partial charge on any atom is 0.151 e. The summed E-state index contributed by atoms with van der Waals surface area (Å²) >= 11 is 0. The van der Waals surface area contributed by atoms with Gasteiger partial charge in [-0.1, -0.05) is 11.2 Å². The molecule has 0 aliphatic rings. The van der Waals surface area contributed by atoms with Crippen LogP contribution >= 0.6 is 0 Å². The third kappa shape index (κ3) is 1.80. The molecule has 4 heteroatoms. The van der Waals surface area contributed by atoms with Crippen LogP contribution < -0.4 is 5.32 Å². The summed E-state index contributed by atoms with van der Waals surface area (Å²) in [5.74, 6) is 0.813. The van der Waals surface area contributed by atoms with Crippen LogP contribution in [0.4, 0.5) is 0 Å². The topological polar surface area (TPSA) is 51.0 Å². The lowest BCUT2D eigenvalue weighted by Gasteiger charge is -1.90. The number of rotatable bonds is 3. The Labute approximate surface area is 82.0 Å². The molecule has 14 heavy (non-hydrogen) atoms. The molecule has 0 saturated heterocycles. The lowest BCUT2D eigenvalue weighted by atomic mass is 10.2. The van der Waals surface area contributed by atoms with E-state index in [1.807, 2.05) is 31.3 Å². The Hall–Kier alpha value is -1.68. The summed E-state index contributed by atoms with van der Waals surface area (Å²) in [6.45, 7) is 0.680. The van der Waals surface area contributed by atoms with Gasteiger partial charge in [0.2, 0.25) is 0 Å². The van der Waals surface area contributed by atoms with Crippen LogP contribution in [0.2, 0.25) is 0 Å². The number of hydrogen-bond donors (Lipinski definition) is 1. The van der Waals surface area contributed by atoms with Gasteiger partial charge in [-0.25, -0.2) is 0 Å². The summed E-state index contributed by atoms with van der Waals surface area (Å²) in [5.41, 5.74) is 1.61. The van der Waals surface area contributed by atoms with Crippen LogP contribution in [0.25, 0.3) is 11.4 Å². The van der Waals surface area contributed by atoms with Gasteiger partial charge in [-0.2, -0.15) is 0 Å². The molecule has 0 spiro atoms. The van der Waals surface area contributed by atoms with Crippen LogP contribution in [-0.2, 0) is 6.54 Å². The molecule has 0 radical (unpaired) electrons. The van der Waals surface area contributed by atoms with Gasteiger partial charge >= 0.3 is 0 Å². The van der Waals surface area contributed by atoms with Gasteiger partial charge in [-0.05, 0) is 19.2 Å². The summed E-state index contributed by atoms with van der Waals surface area (Å²) < 4.78 is 5.11. The fraction of sp³-hybridized carbons (Fsp3) is 0.200. The predicted molar refractivity (Wildman–Crippen MR) is 52.5 cm³/mol. The maximum absolute atomic E-state index is 5.11. The van der Waals surface area contributed by atoms with Gasteiger partial charge < -0.3 is 9.84 Å². The minimum absolute atomic E-state index is 0.680. The molecule has 0 amide bonds. The Kier molecular flexibility index (Phi) is 2.55. The highest BCUT2D eigenvalue weighted by molar-refractivity contribution is 5.52. The summed E-state index contributed by atoms with van der Waals surface area (Å²) in [6, 6.07) is 7.59. The van der Waals surface area contributed by atoms with Crippen molar-refractivity contribution in [2.75, 3.05) is 7.05 Å². The average molecular weight is 189 g/mol. The second-order valence-corrected chi connectivity index (χ2v) is 2.92. The number of nitrogens with zero attached hydrogens (tertiary/aromatic N) is 2. The number of pyridine rings is 1. The molecule has 0 bridgehead atoms. The van der Waals surface area contributed by atoms with Crippen molar-refractivity contribution in [3.05, 3.63) is 36.2 Å². The van der Waals surface area contributed by atoms with Gasteiger partial charge in [0.05, 0.1) is 12.2 Å². The van der Waals surface area contributed by atoms with Gasteiger partial charge in [0.15, 0.2) is 5.76 Å². The van der Waals surface area contributed by atoms with Crippen LogP contribution in [0, 0.1) is 0 Å². The quantitative estimate of drug-likeness (QED) is 0.794. The third-order valence-corrected chi connectivity index (χ3v) is 1.84. The lowest BCUT2D eigenvalue weighted by molar-refractivity contribution is 0.379. The second kappa shape index (κ2) is 4.02. The van der Waals surface area contributed by atoms with Crippen LogP contribution in [-0.4, -0.2) is 17.2 Å². The van der Waals surface area contributed by atoms with E-state index in [4.69, 9.17) is 4.52 Å². The van der Waals surface area contributed by atoms with Crippen molar-refractivity contribution < 1.29 is 4.52 Å². The van der Waals surface area contributed by atoms with Gasteiger partial charge in [0, 0.05) is 12.3 Å². The first kappa shape index (κ1) is 8.90. The van der Waals surface area contributed by atoms with E-state index < -0.39 is 0 Å². The van der Waals surface area contributed by atoms with Crippen LogP contribution in [0.15, 0.2) is 35.0 Å². The van der Waals surface area contributed by atoms with Crippen molar-refractivity contribution in [1.29, 1.82) is 0 Å². The van der Waals surface area contributed by atoms with Gasteiger partial charge in [-0.15, -0.1) is 0 Å². The van der Waals surface area contributed by atoms with E-state index in [2.05, 4.69) is 15.5 Å². The first-order valence-electron chi connectivity index (χ1n) is 4.42. The lowest BCUT2D eigenvalue weighted by Crippen LogP contribution is -2.03. The van der Waals surface area contributed by atoms with Crippen LogP contribution in [0.1, 0.15) is 5.76 Å². The van der Waals surface area contributed by atoms with Gasteiger partial charge in [-0.3, -0.25) is 4.98 Å². The summed E-state index contributed by atoms with van der Waals surface area (Å²) in [4.78, 5) is 4.18. The molecule has 0 aliphatic heterocycles. The molecule has 2 heterocycles. The molecular formula is C10H11N3O. The van der Waals surface area contributed by atoms with Crippen molar-refractivity contribution in [2.45, 2.75) is 6.54 Å². The smallest absolute Gasteiger partial charge is 0.151 e. The van der Waals surface area contributed by atoms with E-state index in [0.29, 0.717) is 6.54 Å². The van der Waals surface area contributed by atoms with E-state index in [-0.39, 0.29) is 0 Å². The van der Waals surface area contributed by atoms with Crippen molar-refractivity contribution in [3.63, 3.8) is 0 Å². The molecule has 4 nitrogen and oxygen atoms in total. The molecule has 2 aromatic rings. The van der Waals surface area contributed by atoms with Gasteiger partial charge in [0.1, 0.15) is 5.69 Å². The highest BCUT2D eigenvalue weighted by atomic mass is 16.5. The highest BCUT2D eigenvalue weighted by Gasteiger charge is 2.05. The Morgan fingerprint density at radius 2 is 2.29 bits per heavy atom. The Balaban J connectivity index is 2.25. The Morgan fingerprint density at radius 1 is 1.36 bits per heavy atom. The molecular weight excluding hydrogens is 178 g/mol. The zero-order chi connectivity index (χ0) is 9.80. The zero-order valence-electron chi connectivity index (χ0n) is 7.90. The molecule has 0 unspecified atom stereocenters. The Bertz CT molecular complexity index is 397. The third-order valence-electron chi connectivity index (χ3n) is 1.84. The maximum atomic E-state index is 5.11. The summed E-state index contributed by atoms with van der Waals surface area (Å²) in [5, 5.41) is 6.92. The van der Waals surface area contributed by atoms with Crippen LogP contribution in [0.5, 0.6) is 0 Å². The van der Waals surface area contributed by atoms with Crippen molar-refractivity contribution in [2.24, 2.45) is 0 Å². The monoisotopic (exact) mass is 189 g/mol. The first-order valence-corrected chi connectivity index (χ1v) is 4.42.